The Hall–Kier alpha value is -3.26. The number of anilines is 1. The summed E-state index contributed by atoms with van der Waals surface area (Å²) in [7, 11) is 1.58. The molecule has 7 nitrogen and oxygen atoms in total. The minimum Gasteiger partial charge on any atom is -0.493 e. The van der Waals surface area contributed by atoms with Crippen LogP contribution in [0.4, 0.5) is 6.01 Å². The summed E-state index contributed by atoms with van der Waals surface area (Å²) in [4.78, 5) is 13.3. The molecule has 0 atom stereocenters. The van der Waals surface area contributed by atoms with Gasteiger partial charge >= 0.3 is 6.01 Å². The zero-order chi connectivity index (χ0) is 20.2. The van der Waals surface area contributed by atoms with Gasteiger partial charge in [0.05, 0.1) is 7.11 Å². The van der Waals surface area contributed by atoms with E-state index in [1.165, 1.54) is 5.56 Å². The molecule has 0 aliphatic carbocycles. The van der Waals surface area contributed by atoms with Crippen molar-refractivity contribution in [3.63, 3.8) is 0 Å². The topological polar surface area (TPSA) is 90.4 Å². The molecular formula is C21H19N3O4S. The second-order valence-electron chi connectivity index (χ2n) is 6.36. The predicted molar refractivity (Wildman–Crippen MR) is 111 cm³/mol. The first-order valence-electron chi connectivity index (χ1n) is 9.02. The maximum absolute atomic E-state index is 12.1. The van der Waals surface area contributed by atoms with Crippen LogP contribution in [0.3, 0.4) is 0 Å². The van der Waals surface area contributed by atoms with Gasteiger partial charge in [0.2, 0.25) is 5.91 Å². The Kier molecular flexibility index (Phi) is 5.53. The summed E-state index contributed by atoms with van der Waals surface area (Å²) in [5, 5.41) is 11.3. The molecule has 2 aromatic heterocycles. The van der Waals surface area contributed by atoms with Crippen LogP contribution in [0.1, 0.15) is 12.0 Å². The fourth-order valence-corrected chi connectivity index (χ4v) is 3.61. The van der Waals surface area contributed by atoms with E-state index in [2.05, 4.69) is 27.6 Å². The first-order valence-corrected chi connectivity index (χ1v) is 10.0. The largest absolute Gasteiger partial charge is 0.493 e. The van der Waals surface area contributed by atoms with E-state index in [9.17, 15) is 4.79 Å². The van der Waals surface area contributed by atoms with Crippen LogP contribution in [0.5, 0.6) is 5.75 Å². The van der Waals surface area contributed by atoms with Crippen LogP contribution in [0.25, 0.3) is 22.6 Å². The average molecular weight is 409 g/mol. The van der Waals surface area contributed by atoms with Gasteiger partial charge in [-0.3, -0.25) is 10.1 Å². The summed E-state index contributed by atoms with van der Waals surface area (Å²) >= 11 is 1.62. The zero-order valence-corrected chi connectivity index (χ0v) is 16.8. The van der Waals surface area contributed by atoms with E-state index in [1.54, 1.807) is 24.9 Å². The quantitative estimate of drug-likeness (QED) is 0.433. The highest BCUT2D eigenvalue weighted by Crippen LogP contribution is 2.33. The number of nitrogens with one attached hydrogen (secondary N) is 1. The van der Waals surface area contributed by atoms with Crippen LogP contribution < -0.4 is 10.1 Å². The van der Waals surface area contributed by atoms with Gasteiger partial charge in [-0.1, -0.05) is 34.9 Å². The van der Waals surface area contributed by atoms with Gasteiger partial charge in [-0.15, -0.1) is 16.9 Å². The van der Waals surface area contributed by atoms with Crippen molar-refractivity contribution >= 4 is 34.7 Å². The van der Waals surface area contributed by atoms with Crippen LogP contribution in [0, 0.1) is 6.92 Å². The number of aromatic nitrogens is 2. The lowest BCUT2D eigenvalue weighted by Crippen LogP contribution is -2.12. The Labute approximate surface area is 171 Å². The number of aryl methyl sites for hydroxylation is 1. The lowest BCUT2D eigenvalue weighted by atomic mass is 10.2. The third-order valence-corrected chi connectivity index (χ3v) is 5.24. The average Bonchev–Trinajstić information content (AvgIpc) is 3.36. The van der Waals surface area contributed by atoms with E-state index in [1.807, 2.05) is 37.3 Å². The molecule has 1 amide bonds. The molecule has 0 radical (unpaired) electrons. The van der Waals surface area contributed by atoms with Crippen molar-refractivity contribution in [2.75, 3.05) is 18.2 Å². The molecule has 4 aromatic rings. The van der Waals surface area contributed by atoms with Gasteiger partial charge in [-0.05, 0) is 31.2 Å². The number of ether oxygens (including phenoxy) is 1. The van der Waals surface area contributed by atoms with Gasteiger partial charge < -0.3 is 13.6 Å². The number of para-hydroxylation sites is 1. The minimum absolute atomic E-state index is 0.0396. The number of amides is 1. The third kappa shape index (κ3) is 4.43. The van der Waals surface area contributed by atoms with Crippen molar-refractivity contribution in [2.24, 2.45) is 0 Å². The van der Waals surface area contributed by atoms with Crippen LogP contribution in [-0.2, 0) is 4.79 Å². The first kappa shape index (κ1) is 19.1. The number of nitrogens with zero attached hydrogens (tertiary/aromatic N) is 2. The number of rotatable bonds is 7. The van der Waals surface area contributed by atoms with Crippen LogP contribution >= 0.6 is 11.8 Å². The molecule has 0 saturated carbocycles. The normalized spacial score (nSPS) is 11.0. The second-order valence-corrected chi connectivity index (χ2v) is 7.53. The van der Waals surface area contributed by atoms with Gasteiger partial charge in [0.1, 0.15) is 0 Å². The molecule has 0 saturated heterocycles. The maximum Gasteiger partial charge on any atom is 0.322 e. The fourth-order valence-electron chi connectivity index (χ4n) is 2.75. The van der Waals surface area contributed by atoms with Crippen molar-refractivity contribution in [2.45, 2.75) is 18.2 Å². The highest BCUT2D eigenvalue weighted by Gasteiger charge is 2.16. The smallest absolute Gasteiger partial charge is 0.322 e. The van der Waals surface area contributed by atoms with Crippen molar-refractivity contribution in [3.05, 3.63) is 54.1 Å². The molecule has 1 N–H and O–H groups in total. The lowest BCUT2D eigenvalue weighted by Gasteiger charge is -2.02. The summed E-state index contributed by atoms with van der Waals surface area (Å²) in [6.45, 7) is 2.04. The summed E-state index contributed by atoms with van der Waals surface area (Å²) < 4.78 is 16.6. The Bertz CT molecular complexity index is 1130. The predicted octanol–water partition coefficient (Wildman–Crippen LogP) is 4.92. The molecule has 2 aromatic carbocycles. The van der Waals surface area contributed by atoms with Crippen molar-refractivity contribution in [1.82, 2.24) is 10.2 Å². The molecule has 0 aliphatic heterocycles. The van der Waals surface area contributed by atoms with Crippen LogP contribution in [0.15, 0.2) is 62.3 Å². The number of benzene rings is 2. The molecule has 8 heteroatoms. The standard InChI is InChI=1S/C21H19N3O4S/c1-13-6-8-15(9-7-13)29-11-10-18(25)22-21-24-23-20(28-21)17-12-14-4-3-5-16(26-2)19(14)27-17/h3-9,12H,10-11H2,1-2H3,(H,22,24,25). The highest BCUT2D eigenvalue weighted by atomic mass is 32.2. The summed E-state index contributed by atoms with van der Waals surface area (Å²) in [5.41, 5.74) is 1.81. The number of fused-ring (bicyclic) bond motifs is 1. The molecule has 0 spiro atoms. The van der Waals surface area contributed by atoms with E-state index >= 15 is 0 Å². The van der Waals surface area contributed by atoms with Gasteiger partial charge in [-0.2, -0.15) is 0 Å². The fraction of sp³-hybridized carbons (Fsp3) is 0.190. The summed E-state index contributed by atoms with van der Waals surface area (Å²) in [6.07, 6.45) is 0.331. The number of thioether (sulfide) groups is 1. The summed E-state index contributed by atoms with van der Waals surface area (Å²) in [6, 6.07) is 15.6. The number of methoxy groups -OCH3 is 1. The van der Waals surface area contributed by atoms with E-state index in [0.29, 0.717) is 29.3 Å². The molecule has 148 valence electrons. The number of hydrogen-bond donors (Lipinski definition) is 1. The molecular weight excluding hydrogens is 390 g/mol. The van der Waals surface area contributed by atoms with Gasteiger partial charge in [0.25, 0.3) is 5.89 Å². The molecule has 2 heterocycles. The van der Waals surface area contributed by atoms with Crippen molar-refractivity contribution in [1.29, 1.82) is 0 Å². The Morgan fingerprint density at radius 3 is 2.76 bits per heavy atom. The van der Waals surface area contributed by atoms with Crippen LogP contribution in [-0.4, -0.2) is 29.0 Å². The monoisotopic (exact) mass is 409 g/mol. The SMILES string of the molecule is COc1cccc2cc(-c3nnc(NC(=O)CCSc4ccc(C)cc4)o3)oc12. The lowest BCUT2D eigenvalue weighted by molar-refractivity contribution is -0.115. The molecule has 0 unspecified atom stereocenters. The van der Waals surface area contributed by atoms with Crippen molar-refractivity contribution < 1.29 is 18.4 Å². The first-order chi connectivity index (χ1) is 14.1. The van der Waals surface area contributed by atoms with E-state index in [4.69, 9.17) is 13.6 Å². The Morgan fingerprint density at radius 2 is 1.97 bits per heavy atom. The number of furan rings is 1. The van der Waals surface area contributed by atoms with E-state index in [0.717, 1.165) is 10.3 Å². The minimum atomic E-state index is -0.189. The van der Waals surface area contributed by atoms with E-state index in [-0.39, 0.29) is 17.8 Å². The molecule has 0 bridgehead atoms. The molecule has 0 aliphatic rings. The Morgan fingerprint density at radius 1 is 1.14 bits per heavy atom. The molecule has 0 fully saturated rings. The molecule has 4 rings (SSSR count). The third-order valence-electron chi connectivity index (χ3n) is 4.23. The number of hydrogen-bond acceptors (Lipinski definition) is 7. The van der Waals surface area contributed by atoms with Gasteiger partial charge in [0.15, 0.2) is 17.1 Å². The molecule has 29 heavy (non-hydrogen) atoms. The maximum atomic E-state index is 12.1. The van der Waals surface area contributed by atoms with E-state index < -0.39 is 0 Å². The second kappa shape index (κ2) is 8.40. The summed E-state index contributed by atoms with van der Waals surface area (Å²) in [5.74, 6) is 1.68. The van der Waals surface area contributed by atoms with Gasteiger partial charge in [-0.25, -0.2) is 0 Å². The van der Waals surface area contributed by atoms with Crippen LogP contribution in [0.2, 0.25) is 0 Å². The number of carbonyl (C=O) groups excluding carboxylic acids is 1. The number of carbonyl (C=O) groups is 1. The Balaban J connectivity index is 1.36. The zero-order valence-electron chi connectivity index (χ0n) is 16.0. The van der Waals surface area contributed by atoms with Gasteiger partial charge in [0, 0.05) is 22.5 Å². The van der Waals surface area contributed by atoms with Crippen molar-refractivity contribution in [3.8, 4) is 17.4 Å². The highest BCUT2D eigenvalue weighted by molar-refractivity contribution is 7.99.